The van der Waals surface area contributed by atoms with Crippen molar-refractivity contribution >= 4 is 32.9 Å². The summed E-state index contributed by atoms with van der Waals surface area (Å²) >= 11 is 0. The van der Waals surface area contributed by atoms with Gasteiger partial charge in [0.1, 0.15) is 0 Å². The molecule has 3 aromatic carbocycles. The average molecular weight is 446 g/mol. The third-order valence-corrected chi connectivity index (χ3v) is 6.23. The van der Waals surface area contributed by atoms with E-state index in [1.54, 1.807) is 54.7 Å². The highest BCUT2D eigenvalue weighted by atomic mass is 32.2. The van der Waals surface area contributed by atoms with Gasteiger partial charge in [-0.05, 0) is 47.5 Å². The number of benzene rings is 3. The molecular formula is C24H23N5O2S. The third-order valence-electron chi connectivity index (χ3n) is 4.84. The minimum Gasteiger partial charge on any atom is -0.376 e. The van der Waals surface area contributed by atoms with E-state index < -0.39 is 10.0 Å². The lowest BCUT2D eigenvalue weighted by molar-refractivity contribution is 0.601. The molecule has 1 heterocycles. The molecular weight excluding hydrogens is 422 g/mol. The summed E-state index contributed by atoms with van der Waals surface area (Å²) in [5, 5.41) is 11.2. The number of aromatic nitrogens is 2. The van der Waals surface area contributed by atoms with E-state index >= 15 is 0 Å². The highest BCUT2D eigenvalue weighted by molar-refractivity contribution is 7.92. The standard InChI is InChI=1S/C24H23N5O2S/c1-29(2)22-16-24(27-25-17-22)26-20-10-12-21(13-11-20)28-32(30,31)23-14-8-19(9-15-23)18-6-4-3-5-7-18/h3-17,28H,1-2H3,(H,26,27). The van der Waals surface area contributed by atoms with Crippen molar-refractivity contribution in [3.05, 3.63) is 91.1 Å². The van der Waals surface area contributed by atoms with Gasteiger partial charge in [0, 0.05) is 31.5 Å². The molecule has 7 nitrogen and oxygen atoms in total. The first-order chi connectivity index (χ1) is 15.4. The van der Waals surface area contributed by atoms with Gasteiger partial charge < -0.3 is 10.2 Å². The SMILES string of the molecule is CN(C)c1cnnc(Nc2ccc(NS(=O)(=O)c3ccc(-c4ccccc4)cc3)cc2)c1. The van der Waals surface area contributed by atoms with Crippen LogP contribution in [0.4, 0.5) is 22.9 Å². The number of anilines is 4. The van der Waals surface area contributed by atoms with Crippen molar-refractivity contribution in [2.75, 3.05) is 29.0 Å². The van der Waals surface area contributed by atoms with E-state index in [2.05, 4.69) is 20.2 Å². The Morgan fingerprint density at radius 3 is 2.06 bits per heavy atom. The van der Waals surface area contributed by atoms with Crippen LogP contribution in [0.25, 0.3) is 11.1 Å². The van der Waals surface area contributed by atoms with Crippen molar-refractivity contribution in [3.8, 4) is 11.1 Å². The number of nitrogens with zero attached hydrogens (tertiary/aromatic N) is 3. The second-order valence-corrected chi connectivity index (χ2v) is 9.07. The maximum absolute atomic E-state index is 12.8. The Labute approximate surface area is 187 Å². The first-order valence-electron chi connectivity index (χ1n) is 9.96. The molecule has 0 unspecified atom stereocenters. The van der Waals surface area contributed by atoms with Crippen LogP contribution in [0.15, 0.2) is 96.0 Å². The molecule has 0 radical (unpaired) electrons. The lowest BCUT2D eigenvalue weighted by atomic mass is 10.1. The molecule has 0 aliphatic carbocycles. The van der Waals surface area contributed by atoms with Crippen LogP contribution in [0.1, 0.15) is 0 Å². The lowest BCUT2D eigenvalue weighted by Gasteiger charge is -2.13. The molecule has 0 spiro atoms. The molecule has 4 aromatic rings. The Hall–Kier alpha value is -3.91. The van der Waals surface area contributed by atoms with Crippen LogP contribution < -0.4 is 14.9 Å². The van der Waals surface area contributed by atoms with Gasteiger partial charge in [-0.1, -0.05) is 42.5 Å². The molecule has 1 aromatic heterocycles. The lowest BCUT2D eigenvalue weighted by Crippen LogP contribution is -2.12. The Morgan fingerprint density at radius 2 is 1.41 bits per heavy atom. The monoisotopic (exact) mass is 445 g/mol. The minimum absolute atomic E-state index is 0.204. The molecule has 0 aliphatic rings. The third kappa shape index (κ3) is 5.04. The van der Waals surface area contributed by atoms with Gasteiger partial charge in [0.2, 0.25) is 0 Å². The molecule has 8 heteroatoms. The van der Waals surface area contributed by atoms with Gasteiger partial charge in [-0.3, -0.25) is 4.72 Å². The largest absolute Gasteiger partial charge is 0.376 e. The van der Waals surface area contributed by atoms with E-state index in [4.69, 9.17) is 0 Å². The molecule has 0 bridgehead atoms. The number of hydrogen-bond acceptors (Lipinski definition) is 6. The Morgan fingerprint density at radius 1 is 0.781 bits per heavy atom. The Balaban J connectivity index is 1.45. The first-order valence-corrected chi connectivity index (χ1v) is 11.4. The van der Waals surface area contributed by atoms with Crippen molar-refractivity contribution in [2.24, 2.45) is 0 Å². The van der Waals surface area contributed by atoms with Gasteiger partial charge in [-0.15, -0.1) is 5.10 Å². The quantitative estimate of drug-likeness (QED) is 0.427. The predicted molar refractivity (Wildman–Crippen MR) is 129 cm³/mol. The number of sulfonamides is 1. The summed E-state index contributed by atoms with van der Waals surface area (Å²) in [4.78, 5) is 2.14. The average Bonchev–Trinajstić information content (AvgIpc) is 2.81. The van der Waals surface area contributed by atoms with Gasteiger partial charge in [0.05, 0.1) is 16.8 Å². The van der Waals surface area contributed by atoms with Gasteiger partial charge in [0.25, 0.3) is 10.0 Å². The van der Waals surface area contributed by atoms with E-state index in [-0.39, 0.29) is 4.90 Å². The number of rotatable bonds is 7. The van der Waals surface area contributed by atoms with Crippen molar-refractivity contribution in [2.45, 2.75) is 4.90 Å². The molecule has 0 saturated carbocycles. The zero-order valence-corrected chi connectivity index (χ0v) is 18.5. The summed E-state index contributed by atoms with van der Waals surface area (Å²) in [7, 11) is 0.158. The summed E-state index contributed by atoms with van der Waals surface area (Å²) in [6.45, 7) is 0. The highest BCUT2D eigenvalue weighted by Crippen LogP contribution is 2.24. The molecule has 0 aliphatic heterocycles. The van der Waals surface area contributed by atoms with Gasteiger partial charge in [-0.2, -0.15) is 5.10 Å². The molecule has 0 atom stereocenters. The Bertz CT molecular complexity index is 1290. The van der Waals surface area contributed by atoms with Crippen LogP contribution in [0.3, 0.4) is 0 Å². The number of hydrogen-bond donors (Lipinski definition) is 2. The fourth-order valence-electron chi connectivity index (χ4n) is 3.10. The fourth-order valence-corrected chi connectivity index (χ4v) is 4.16. The topological polar surface area (TPSA) is 87.2 Å². The maximum atomic E-state index is 12.8. The van der Waals surface area contributed by atoms with Gasteiger partial charge in [0.15, 0.2) is 5.82 Å². The summed E-state index contributed by atoms with van der Waals surface area (Å²) < 4.78 is 28.2. The zero-order valence-electron chi connectivity index (χ0n) is 17.7. The summed E-state index contributed by atoms with van der Waals surface area (Å²) in [5.74, 6) is 0.600. The van der Waals surface area contributed by atoms with E-state index in [0.29, 0.717) is 11.5 Å². The molecule has 0 amide bonds. The summed E-state index contributed by atoms with van der Waals surface area (Å²) in [6, 6.07) is 25.5. The van der Waals surface area contributed by atoms with Gasteiger partial charge >= 0.3 is 0 Å². The second kappa shape index (κ2) is 9.07. The fraction of sp³-hybridized carbons (Fsp3) is 0.0833. The number of nitrogens with one attached hydrogen (secondary N) is 2. The van der Waals surface area contributed by atoms with Crippen molar-refractivity contribution in [1.82, 2.24) is 10.2 Å². The van der Waals surface area contributed by atoms with Crippen LogP contribution in [0.5, 0.6) is 0 Å². The van der Waals surface area contributed by atoms with Crippen LogP contribution >= 0.6 is 0 Å². The highest BCUT2D eigenvalue weighted by Gasteiger charge is 2.14. The van der Waals surface area contributed by atoms with Gasteiger partial charge in [-0.25, -0.2) is 8.42 Å². The van der Waals surface area contributed by atoms with Crippen LogP contribution in [-0.2, 0) is 10.0 Å². The summed E-state index contributed by atoms with van der Waals surface area (Å²) in [5.41, 5.74) is 4.15. The molecule has 0 saturated heterocycles. The van der Waals surface area contributed by atoms with Crippen molar-refractivity contribution in [1.29, 1.82) is 0 Å². The smallest absolute Gasteiger partial charge is 0.261 e. The van der Waals surface area contributed by atoms with Crippen molar-refractivity contribution in [3.63, 3.8) is 0 Å². The predicted octanol–water partition coefficient (Wildman–Crippen LogP) is 4.75. The van der Waals surface area contributed by atoms with E-state index in [0.717, 1.165) is 22.5 Å². The van der Waals surface area contributed by atoms with Crippen LogP contribution in [-0.4, -0.2) is 32.7 Å². The van der Waals surface area contributed by atoms with Crippen LogP contribution in [0.2, 0.25) is 0 Å². The Kier molecular flexibility index (Phi) is 6.04. The van der Waals surface area contributed by atoms with E-state index in [1.165, 1.54) is 0 Å². The maximum Gasteiger partial charge on any atom is 0.261 e. The van der Waals surface area contributed by atoms with E-state index in [9.17, 15) is 8.42 Å². The zero-order chi connectivity index (χ0) is 22.6. The molecule has 32 heavy (non-hydrogen) atoms. The molecule has 2 N–H and O–H groups in total. The van der Waals surface area contributed by atoms with Crippen LogP contribution in [0, 0.1) is 0 Å². The normalized spacial score (nSPS) is 11.1. The first kappa shape index (κ1) is 21.3. The van der Waals surface area contributed by atoms with Crippen molar-refractivity contribution < 1.29 is 8.42 Å². The van der Waals surface area contributed by atoms with E-state index in [1.807, 2.05) is 55.4 Å². The molecule has 162 valence electrons. The molecule has 4 rings (SSSR count). The minimum atomic E-state index is -3.70. The summed E-state index contributed by atoms with van der Waals surface area (Å²) in [6.07, 6.45) is 1.68. The molecule has 0 fully saturated rings. The second-order valence-electron chi connectivity index (χ2n) is 7.39.